The van der Waals surface area contributed by atoms with Crippen LogP contribution in [0.3, 0.4) is 0 Å². The Bertz CT molecular complexity index is 434. The van der Waals surface area contributed by atoms with Crippen LogP contribution in [-0.2, 0) is 11.8 Å². The molecule has 0 aliphatic carbocycles. The van der Waals surface area contributed by atoms with Crippen molar-refractivity contribution in [2.75, 3.05) is 0 Å². The predicted octanol–water partition coefficient (Wildman–Crippen LogP) is 1.59. The zero-order valence-electron chi connectivity index (χ0n) is 10.1. The summed E-state index contributed by atoms with van der Waals surface area (Å²) in [7, 11) is 1.60. The topological polar surface area (TPSA) is 48.3 Å². The Hall–Kier alpha value is -1.58. The molecule has 1 aromatic rings. The molecule has 88 valence electrons. The maximum atomic E-state index is 11.7. The maximum Gasteiger partial charge on any atom is 0.339 e. The second-order valence-electron chi connectivity index (χ2n) is 4.22. The number of esters is 1. The highest BCUT2D eigenvalue weighted by Gasteiger charge is 2.15. The fraction of sp³-hybridized carbons (Fsp3) is 0.500. The van der Waals surface area contributed by atoms with Gasteiger partial charge in [0.15, 0.2) is 0 Å². The second-order valence-corrected chi connectivity index (χ2v) is 4.22. The lowest BCUT2D eigenvalue weighted by Gasteiger charge is -2.16. The molecule has 0 saturated heterocycles. The molecule has 0 N–H and O–H groups in total. The summed E-state index contributed by atoms with van der Waals surface area (Å²) >= 11 is 0. The van der Waals surface area contributed by atoms with Crippen LogP contribution >= 0.6 is 0 Å². The van der Waals surface area contributed by atoms with Crippen molar-refractivity contribution in [3.05, 3.63) is 34.2 Å². The van der Waals surface area contributed by atoms with Gasteiger partial charge in [0.2, 0.25) is 5.56 Å². The van der Waals surface area contributed by atoms with Gasteiger partial charge < -0.3 is 9.30 Å². The Morgan fingerprint density at radius 3 is 2.44 bits per heavy atom. The highest BCUT2D eigenvalue weighted by molar-refractivity contribution is 5.89. The summed E-state index contributed by atoms with van der Waals surface area (Å²) in [6, 6.07) is 2.84. The normalized spacial score (nSPS) is 12.6. The first-order valence-corrected chi connectivity index (χ1v) is 5.29. The third-order valence-corrected chi connectivity index (χ3v) is 2.55. The number of rotatable bonds is 3. The van der Waals surface area contributed by atoms with Gasteiger partial charge in [0.05, 0.1) is 5.56 Å². The summed E-state index contributed by atoms with van der Waals surface area (Å²) in [6.45, 7) is 5.82. The number of nitrogens with zero attached hydrogens (tertiary/aromatic N) is 1. The molecule has 1 heterocycles. The third kappa shape index (κ3) is 2.95. The first-order valence-electron chi connectivity index (χ1n) is 5.29. The molecule has 1 atom stereocenters. The minimum Gasteiger partial charge on any atom is -0.459 e. The fourth-order valence-electron chi connectivity index (χ4n) is 1.09. The van der Waals surface area contributed by atoms with E-state index in [9.17, 15) is 9.59 Å². The molecule has 0 spiro atoms. The summed E-state index contributed by atoms with van der Waals surface area (Å²) in [4.78, 5) is 22.8. The SMILES string of the molecule is CC(C)[C@@H](C)OC(=O)c1ccc(=O)n(C)c1. The van der Waals surface area contributed by atoms with E-state index >= 15 is 0 Å². The number of aromatic nitrogens is 1. The molecule has 0 fully saturated rings. The fourth-order valence-corrected chi connectivity index (χ4v) is 1.09. The van der Waals surface area contributed by atoms with Gasteiger partial charge in [-0.25, -0.2) is 4.79 Å². The van der Waals surface area contributed by atoms with E-state index in [-0.39, 0.29) is 17.6 Å². The molecule has 0 aliphatic heterocycles. The number of hydrogen-bond acceptors (Lipinski definition) is 3. The van der Waals surface area contributed by atoms with Crippen LogP contribution in [0.25, 0.3) is 0 Å². The largest absolute Gasteiger partial charge is 0.459 e. The number of hydrogen-bond donors (Lipinski definition) is 0. The van der Waals surface area contributed by atoms with Gasteiger partial charge in [-0.1, -0.05) is 13.8 Å². The first-order chi connectivity index (χ1) is 7.41. The minimum atomic E-state index is -0.392. The van der Waals surface area contributed by atoms with Crippen LogP contribution in [0.1, 0.15) is 31.1 Å². The third-order valence-electron chi connectivity index (χ3n) is 2.55. The standard InChI is InChI=1S/C12H17NO3/c1-8(2)9(3)16-12(15)10-5-6-11(14)13(4)7-10/h5-9H,1-4H3/t9-/m1/s1. The molecule has 16 heavy (non-hydrogen) atoms. The molecular formula is C12H17NO3. The van der Waals surface area contributed by atoms with E-state index in [2.05, 4.69) is 0 Å². The van der Waals surface area contributed by atoms with E-state index in [1.54, 1.807) is 7.05 Å². The zero-order valence-corrected chi connectivity index (χ0v) is 10.1. The minimum absolute atomic E-state index is 0.135. The first kappa shape index (κ1) is 12.5. The van der Waals surface area contributed by atoms with Crippen molar-refractivity contribution in [1.82, 2.24) is 4.57 Å². The Balaban J connectivity index is 2.81. The van der Waals surface area contributed by atoms with E-state index in [1.807, 2.05) is 20.8 Å². The van der Waals surface area contributed by atoms with Crippen molar-refractivity contribution in [2.24, 2.45) is 13.0 Å². The number of aryl methyl sites for hydroxylation is 1. The molecule has 4 heteroatoms. The number of carbonyl (C=O) groups is 1. The molecule has 4 nitrogen and oxygen atoms in total. The summed E-state index contributed by atoms with van der Waals surface area (Å²) < 4.78 is 6.60. The number of ether oxygens (including phenoxy) is 1. The van der Waals surface area contributed by atoms with Gasteiger partial charge >= 0.3 is 5.97 Å². The summed E-state index contributed by atoms with van der Waals surface area (Å²) in [6.07, 6.45) is 1.35. The summed E-state index contributed by atoms with van der Waals surface area (Å²) in [5, 5.41) is 0. The molecule has 1 rings (SSSR count). The van der Waals surface area contributed by atoms with Crippen LogP contribution in [0.15, 0.2) is 23.1 Å². The van der Waals surface area contributed by atoms with Gasteiger partial charge in [0.25, 0.3) is 0 Å². The summed E-state index contributed by atoms with van der Waals surface area (Å²) in [5.41, 5.74) is 0.253. The van der Waals surface area contributed by atoms with Crippen LogP contribution in [0.5, 0.6) is 0 Å². The van der Waals surface area contributed by atoms with Crippen molar-refractivity contribution >= 4 is 5.97 Å². The van der Waals surface area contributed by atoms with E-state index in [4.69, 9.17) is 4.74 Å². The number of carbonyl (C=O) groups excluding carboxylic acids is 1. The average molecular weight is 223 g/mol. The molecule has 0 radical (unpaired) electrons. The smallest absolute Gasteiger partial charge is 0.339 e. The molecule has 0 amide bonds. The Morgan fingerprint density at radius 1 is 1.31 bits per heavy atom. The van der Waals surface area contributed by atoms with Crippen LogP contribution in [0.2, 0.25) is 0 Å². The maximum absolute atomic E-state index is 11.7. The van der Waals surface area contributed by atoms with E-state index in [0.717, 1.165) is 0 Å². The van der Waals surface area contributed by atoms with Crippen LogP contribution in [-0.4, -0.2) is 16.6 Å². The van der Waals surface area contributed by atoms with Gasteiger partial charge in [-0.3, -0.25) is 4.79 Å². The van der Waals surface area contributed by atoms with Crippen LogP contribution in [0.4, 0.5) is 0 Å². The lowest BCUT2D eigenvalue weighted by molar-refractivity contribution is 0.0237. The van der Waals surface area contributed by atoms with Gasteiger partial charge in [-0.2, -0.15) is 0 Å². The highest BCUT2D eigenvalue weighted by atomic mass is 16.5. The van der Waals surface area contributed by atoms with Crippen molar-refractivity contribution in [3.63, 3.8) is 0 Å². The molecule has 0 unspecified atom stereocenters. The van der Waals surface area contributed by atoms with E-state index < -0.39 is 5.97 Å². The van der Waals surface area contributed by atoms with Crippen molar-refractivity contribution in [2.45, 2.75) is 26.9 Å². The predicted molar refractivity (Wildman–Crippen MR) is 61.4 cm³/mol. The Kier molecular flexibility index (Phi) is 3.88. The molecule has 0 bridgehead atoms. The quantitative estimate of drug-likeness (QED) is 0.731. The number of pyridine rings is 1. The zero-order chi connectivity index (χ0) is 12.3. The second kappa shape index (κ2) is 4.96. The average Bonchev–Trinajstić information content (AvgIpc) is 2.21. The Labute approximate surface area is 94.9 Å². The van der Waals surface area contributed by atoms with Gasteiger partial charge in [-0.05, 0) is 18.9 Å². The lowest BCUT2D eigenvalue weighted by atomic mass is 10.1. The molecular weight excluding hydrogens is 206 g/mol. The lowest BCUT2D eigenvalue weighted by Crippen LogP contribution is -2.22. The molecule has 0 aromatic carbocycles. The summed E-state index contributed by atoms with van der Waals surface area (Å²) in [5.74, 6) is -0.117. The molecule has 0 aliphatic rings. The molecule has 0 saturated carbocycles. The highest BCUT2D eigenvalue weighted by Crippen LogP contribution is 2.08. The van der Waals surface area contributed by atoms with Gasteiger partial charge in [-0.15, -0.1) is 0 Å². The van der Waals surface area contributed by atoms with Gasteiger partial charge in [0.1, 0.15) is 6.10 Å². The van der Waals surface area contributed by atoms with Crippen LogP contribution in [0, 0.1) is 5.92 Å². The van der Waals surface area contributed by atoms with E-state index in [1.165, 1.54) is 22.9 Å². The van der Waals surface area contributed by atoms with Crippen molar-refractivity contribution in [1.29, 1.82) is 0 Å². The van der Waals surface area contributed by atoms with Crippen molar-refractivity contribution < 1.29 is 9.53 Å². The van der Waals surface area contributed by atoms with E-state index in [0.29, 0.717) is 5.56 Å². The van der Waals surface area contributed by atoms with Crippen molar-refractivity contribution in [3.8, 4) is 0 Å². The van der Waals surface area contributed by atoms with Gasteiger partial charge in [0, 0.05) is 19.3 Å². The Morgan fingerprint density at radius 2 is 1.94 bits per heavy atom. The molecule has 1 aromatic heterocycles. The monoisotopic (exact) mass is 223 g/mol. The van der Waals surface area contributed by atoms with Crippen LogP contribution < -0.4 is 5.56 Å².